The maximum Gasteiger partial charge on any atom is 0.0616 e. The maximum absolute atomic E-state index is 9.60. The largest absolute Gasteiger partial charge is 0.394 e. The Labute approximate surface area is 97.7 Å². The Bertz CT molecular complexity index is 315. The minimum Gasteiger partial charge on any atom is -0.394 e. The average molecular weight is 219 g/mol. The Morgan fingerprint density at radius 1 is 1.31 bits per heavy atom. The van der Waals surface area contributed by atoms with Crippen molar-refractivity contribution in [3.05, 3.63) is 35.9 Å². The van der Waals surface area contributed by atoms with Crippen LogP contribution in [0.25, 0.3) is 0 Å². The molecule has 2 N–H and O–H groups in total. The molecule has 2 heteroatoms. The maximum atomic E-state index is 9.60. The molecule has 88 valence electrons. The van der Waals surface area contributed by atoms with Crippen LogP contribution in [-0.2, 0) is 6.54 Å². The van der Waals surface area contributed by atoms with Gasteiger partial charge in [-0.25, -0.2) is 0 Å². The van der Waals surface area contributed by atoms with Gasteiger partial charge in [-0.3, -0.25) is 0 Å². The molecule has 1 saturated carbocycles. The lowest BCUT2D eigenvalue weighted by molar-refractivity contribution is 0.133. The highest BCUT2D eigenvalue weighted by molar-refractivity contribution is 5.15. The molecule has 0 heterocycles. The minimum absolute atomic E-state index is 0.0458. The van der Waals surface area contributed by atoms with Gasteiger partial charge in [0.25, 0.3) is 0 Å². The first-order chi connectivity index (χ1) is 7.80. The van der Waals surface area contributed by atoms with Crippen molar-refractivity contribution in [3.8, 4) is 0 Å². The fraction of sp³-hybridized carbons (Fsp3) is 0.571. The summed E-state index contributed by atoms with van der Waals surface area (Å²) in [6.07, 6.45) is 3.52. The fourth-order valence-corrected chi connectivity index (χ4v) is 2.36. The Morgan fingerprint density at radius 3 is 2.50 bits per heavy atom. The van der Waals surface area contributed by atoms with Crippen LogP contribution in [0.1, 0.15) is 31.7 Å². The van der Waals surface area contributed by atoms with Crippen LogP contribution in [-0.4, -0.2) is 17.3 Å². The molecule has 0 amide bonds. The first-order valence-corrected chi connectivity index (χ1v) is 6.20. The fourth-order valence-electron chi connectivity index (χ4n) is 2.36. The first-order valence-electron chi connectivity index (χ1n) is 6.20. The molecule has 1 unspecified atom stereocenters. The molecule has 1 aliphatic carbocycles. The van der Waals surface area contributed by atoms with E-state index in [1.165, 1.54) is 18.4 Å². The number of nitrogens with one attached hydrogen (secondary N) is 1. The molecule has 1 atom stereocenters. The molecule has 1 aromatic rings. The highest BCUT2D eigenvalue weighted by Gasteiger charge is 2.42. The van der Waals surface area contributed by atoms with E-state index in [-0.39, 0.29) is 12.1 Å². The standard InChI is InChI=1S/C14H21NO/c1-2-14(11-16,13-8-9-13)15-10-12-6-4-3-5-7-12/h3-7,13,15-16H,2,8-11H2,1H3. The van der Waals surface area contributed by atoms with Crippen LogP contribution in [0.3, 0.4) is 0 Å². The molecule has 0 aromatic heterocycles. The van der Waals surface area contributed by atoms with Crippen LogP contribution >= 0.6 is 0 Å². The average Bonchev–Trinajstić information content (AvgIpc) is 3.17. The molecular weight excluding hydrogens is 198 g/mol. The third-order valence-electron chi connectivity index (χ3n) is 3.76. The van der Waals surface area contributed by atoms with Gasteiger partial charge in [0.2, 0.25) is 0 Å². The van der Waals surface area contributed by atoms with Gasteiger partial charge in [0, 0.05) is 12.1 Å². The van der Waals surface area contributed by atoms with Gasteiger partial charge >= 0.3 is 0 Å². The second kappa shape index (κ2) is 4.98. The second-order valence-electron chi connectivity index (χ2n) is 4.78. The molecule has 0 saturated heterocycles. The van der Waals surface area contributed by atoms with Gasteiger partial charge in [0.05, 0.1) is 6.61 Å². The molecule has 0 spiro atoms. The zero-order chi connectivity index (χ0) is 11.4. The number of hydrogen-bond acceptors (Lipinski definition) is 2. The van der Waals surface area contributed by atoms with Crippen molar-refractivity contribution < 1.29 is 5.11 Å². The molecule has 0 bridgehead atoms. The summed E-state index contributed by atoms with van der Waals surface area (Å²) in [5, 5.41) is 13.2. The van der Waals surface area contributed by atoms with Crippen molar-refractivity contribution in [3.63, 3.8) is 0 Å². The lowest BCUT2D eigenvalue weighted by Gasteiger charge is -2.32. The minimum atomic E-state index is -0.0458. The third kappa shape index (κ3) is 2.45. The van der Waals surface area contributed by atoms with Gasteiger partial charge in [-0.2, -0.15) is 0 Å². The lowest BCUT2D eigenvalue weighted by Crippen LogP contribution is -2.49. The predicted octanol–water partition coefficient (Wildman–Crippen LogP) is 2.33. The van der Waals surface area contributed by atoms with Crippen LogP contribution < -0.4 is 5.32 Å². The molecule has 0 aliphatic heterocycles. The van der Waals surface area contributed by atoms with E-state index in [0.717, 1.165) is 13.0 Å². The highest BCUT2D eigenvalue weighted by Crippen LogP contribution is 2.41. The summed E-state index contributed by atoms with van der Waals surface area (Å²) in [5.74, 6) is 0.672. The molecule has 16 heavy (non-hydrogen) atoms. The number of aliphatic hydroxyl groups excluding tert-OH is 1. The number of rotatable bonds is 6. The van der Waals surface area contributed by atoms with Crippen molar-refractivity contribution in [2.75, 3.05) is 6.61 Å². The van der Waals surface area contributed by atoms with Crippen LogP contribution in [0.2, 0.25) is 0 Å². The highest BCUT2D eigenvalue weighted by atomic mass is 16.3. The Morgan fingerprint density at radius 2 is 2.00 bits per heavy atom. The van der Waals surface area contributed by atoms with Crippen molar-refractivity contribution in [1.29, 1.82) is 0 Å². The van der Waals surface area contributed by atoms with Gasteiger partial charge in [-0.1, -0.05) is 37.3 Å². The van der Waals surface area contributed by atoms with Crippen LogP contribution in [0, 0.1) is 5.92 Å². The van der Waals surface area contributed by atoms with E-state index < -0.39 is 0 Å². The summed E-state index contributed by atoms with van der Waals surface area (Å²) in [7, 11) is 0. The Kier molecular flexibility index (Phi) is 3.62. The van der Waals surface area contributed by atoms with Gasteiger partial charge < -0.3 is 10.4 Å². The summed E-state index contributed by atoms with van der Waals surface area (Å²) in [5.41, 5.74) is 1.24. The second-order valence-corrected chi connectivity index (χ2v) is 4.78. The van der Waals surface area contributed by atoms with E-state index >= 15 is 0 Å². The summed E-state index contributed by atoms with van der Waals surface area (Å²) >= 11 is 0. The van der Waals surface area contributed by atoms with Crippen LogP contribution in [0.4, 0.5) is 0 Å². The summed E-state index contributed by atoms with van der Waals surface area (Å²) in [6.45, 7) is 3.26. The van der Waals surface area contributed by atoms with E-state index in [1.54, 1.807) is 0 Å². The van der Waals surface area contributed by atoms with Crippen LogP contribution in [0.5, 0.6) is 0 Å². The van der Waals surface area contributed by atoms with Crippen molar-refractivity contribution >= 4 is 0 Å². The van der Waals surface area contributed by atoms with Crippen molar-refractivity contribution in [1.82, 2.24) is 5.32 Å². The summed E-state index contributed by atoms with van der Waals surface area (Å²) in [6, 6.07) is 10.4. The van der Waals surface area contributed by atoms with E-state index in [2.05, 4.69) is 36.5 Å². The van der Waals surface area contributed by atoms with Gasteiger partial charge in [0.15, 0.2) is 0 Å². The normalized spacial score (nSPS) is 19.4. The van der Waals surface area contributed by atoms with E-state index in [9.17, 15) is 5.11 Å². The number of aliphatic hydroxyl groups is 1. The molecule has 1 aromatic carbocycles. The molecular formula is C14H21NO. The summed E-state index contributed by atoms with van der Waals surface area (Å²) in [4.78, 5) is 0. The summed E-state index contributed by atoms with van der Waals surface area (Å²) < 4.78 is 0. The van der Waals surface area contributed by atoms with Crippen LogP contribution in [0.15, 0.2) is 30.3 Å². The first kappa shape index (κ1) is 11.6. The van der Waals surface area contributed by atoms with E-state index in [0.29, 0.717) is 5.92 Å². The smallest absolute Gasteiger partial charge is 0.0616 e. The van der Waals surface area contributed by atoms with Gasteiger partial charge in [0.1, 0.15) is 0 Å². The quantitative estimate of drug-likeness (QED) is 0.769. The molecule has 2 rings (SSSR count). The third-order valence-corrected chi connectivity index (χ3v) is 3.76. The van der Waals surface area contributed by atoms with Crippen molar-refractivity contribution in [2.45, 2.75) is 38.3 Å². The Hall–Kier alpha value is -0.860. The number of benzene rings is 1. The molecule has 2 nitrogen and oxygen atoms in total. The lowest BCUT2D eigenvalue weighted by atomic mass is 9.90. The van der Waals surface area contributed by atoms with Gasteiger partial charge in [-0.15, -0.1) is 0 Å². The molecule has 1 fully saturated rings. The van der Waals surface area contributed by atoms with Gasteiger partial charge in [-0.05, 0) is 30.7 Å². The van der Waals surface area contributed by atoms with Crippen molar-refractivity contribution in [2.24, 2.45) is 5.92 Å². The molecule has 1 aliphatic rings. The predicted molar refractivity (Wildman–Crippen MR) is 66.1 cm³/mol. The zero-order valence-corrected chi connectivity index (χ0v) is 9.95. The monoisotopic (exact) mass is 219 g/mol. The number of hydrogen-bond donors (Lipinski definition) is 2. The zero-order valence-electron chi connectivity index (χ0n) is 9.95. The topological polar surface area (TPSA) is 32.3 Å². The van der Waals surface area contributed by atoms with E-state index in [4.69, 9.17) is 0 Å². The SMILES string of the molecule is CCC(CO)(NCc1ccccc1)C1CC1. The van der Waals surface area contributed by atoms with E-state index in [1.807, 2.05) is 6.07 Å². The Balaban J connectivity index is 1.96. The molecule has 0 radical (unpaired) electrons.